The van der Waals surface area contributed by atoms with Crippen molar-refractivity contribution >= 4 is 39.0 Å². The molecule has 1 heterocycles. The van der Waals surface area contributed by atoms with E-state index < -0.39 is 0 Å². The number of benzene rings is 9. The maximum atomic E-state index is 6.28. The van der Waals surface area contributed by atoms with Crippen molar-refractivity contribution in [3.8, 4) is 55.6 Å². The molecule has 264 valence electrons. The van der Waals surface area contributed by atoms with Crippen LogP contribution in [-0.2, 0) is 0 Å². The van der Waals surface area contributed by atoms with Crippen LogP contribution in [0, 0.1) is 0 Å². The molecule has 0 aliphatic heterocycles. The molecule has 2 heteroatoms. The Hall–Kier alpha value is -7.42. The van der Waals surface area contributed by atoms with Crippen molar-refractivity contribution in [3.63, 3.8) is 0 Å². The maximum absolute atomic E-state index is 6.28. The first kappa shape index (κ1) is 33.2. The average Bonchev–Trinajstić information content (AvgIpc) is 3.67. The first-order valence-electron chi connectivity index (χ1n) is 19.1. The van der Waals surface area contributed by atoms with Crippen molar-refractivity contribution in [2.24, 2.45) is 0 Å². The monoisotopic (exact) mass is 715 g/mol. The summed E-state index contributed by atoms with van der Waals surface area (Å²) < 4.78 is 6.28. The van der Waals surface area contributed by atoms with Gasteiger partial charge in [0, 0.05) is 27.6 Å². The van der Waals surface area contributed by atoms with E-state index >= 15 is 0 Å². The van der Waals surface area contributed by atoms with E-state index in [2.05, 4.69) is 217 Å². The summed E-state index contributed by atoms with van der Waals surface area (Å²) in [5.74, 6) is 0. The third-order valence-electron chi connectivity index (χ3n) is 10.7. The molecule has 0 bridgehead atoms. The lowest BCUT2D eigenvalue weighted by atomic mass is 9.87. The zero-order valence-corrected chi connectivity index (χ0v) is 30.7. The molecule has 0 spiro atoms. The first-order valence-corrected chi connectivity index (χ1v) is 19.1. The van der Waals surface area contributed by atoms with Gasteiger partial charge in [0.2, 0.25) is 0 Å². The van der Waals surface area contributed by atoms with Crippen LogP contribution < -0.4 is 4.90 Å². The van der Waals surface area contributed by atoms with Crippen LogP contribution in [0.25, 0.3) is 77.6 Å². The van der Waals surface area contributed by atoms with Crippen molar-refractivity contribution in [2.75, 3.05) is 4.90 Å². The molecule has 2 nitrogen and oxygen atoms in total. The van der Waals surface area contributed by atoms with Crippen LogP contribution in [0.3, 0.4) is 0 Å². The molecule has 0 N–H and O–H groups in total. The number of furan rings is 1. The Kier molecular flexibility index (Phi) is 8.55. The van der Waals surface area contributed by atoms with E-state index in [9.17, 15) is 0 Å². The molecule has 9 aromatic carbocycles. The molecular formula is C54H37NO. The molecule has 0 aliphatic rings. The summed E-state index contributed by atoms with van der Waals surface area (Å²) in [4.78, 5) is 2.45. The smallest absolute Gasteiger partial charge is 0.136 e. The van der Waals surface area contributed by atoms with Crippen LogP contribution in [0.4, 0.5) is 17.1 Å². The van der Waals surface area contributed by atoms with Crippen molar-refractivity contribution in [1.29, 1.82) is 0 Å². The fraction of sp³-hybridized carbons (Fsp3) is 0. The Balaban J connectivity index is 1.24. The minimum Gasteiger partial charge on any atom is -0.456 e. The first-order chi connectivity index (χ1) is 27.8. The highest BCUT2D eigenvalue weighted by atomic mass is 16.3. The molecule has 1 aromatic heterocycles. The van der Waals surface area contributed by atoms with E-state index in [1.54, 1.807) is 0 Å². The van der Waals surface area contributed by atoms with E-state index in [1.807, 2.05) is 12.1 Å². The Morgan fingerprint density at radius 1 is 0.286 bits per heavy atom. The van der Waals surface area contributed by atoms with Crippen molar-refractivity contribution in [3.05, 3.63) is 224 Å². The van der Waals surface area contributed by atoms with E-state index in [4.69, 9.17) is 4.42 Å². The molecule has 10 aromatic rings. The van der Waals surface area contributed by atoms with Crippen LogP contribution in [0.5, 0.6) is 0 Å². The molecule has 0 saturated carbocycles. The summed E-state index contributed by atoms with van der Waals surface area (Å²) >= 11 is 0. The standard InChI is InChI=1S/C54H37NO/c1-4-18-38(19-5-1)43-24-10-11-26-47(43)53-45(40-22-8-3-9-23-40)28-16-31-50(53)55(49-30-14-12-25-44(49)39-20-6-2-7-21-39)42-36-34-41(35-37-42)46-29-17-33-52-54(46)48-27-13-15-32-51(48)56-52/h1-37H. The molecule has 0 unspecified atom stereocenters. The van der Waals surface area contributed by atoms with Crippen LogP contribution in [-0.4, -0.2) is 0 Å². The predicted octanol–water partition coefficient (Wildman–Crippen LogP) is 15.4. The van der Waals surface area contributed by atoms with E-state index in [1.165, 1.54) is 33.4 Å². The molecule has 0 aliphatic carbocycles. The fourth-order valence-corrected chi connectivity index (χ4v) is 8.18. The summed E-state index contributed by atoms with van der Waals surface area (Å²) in [7, 11) is 0. The second-order valence-electron chi connectivity index (χ2n) is 14.0. The minimum atomic E-state index is 0.894. The largest absolute Gasteiger partial charge is 0.456 e. The summed E-state index contributed by atoms with van der Waals surface area (Å²) in [6, 6.07) is 80.2. The maximum Gasteiger partial charge on any atom is 0.136 e. The summed E-state index contributed by atoms with van der Waals surface area (Å²) in [5.41, 5.74) is 16.7. The average molecular weight is 716 g/mol. The van der Waals surface area contributed by atoms with Gasteiger partial charge in [-0.25, -0.2) is 0 Å². The van der Waals surface area contributed by atoms with Gasteiger partial charge in [0.25, 0.3) is 0 Å². The molecule has 0 saturated heterocycles. The Morgan fingerprint density at radius 2 is 0.750 bits per heavy atom. The van der Waals surface area contributed by atoms with E-state index in [0.717, 1.165) is 61.3 Å². The molecule has 56 heavy (non-hydrogen) atoms. The Labute approximate surface area is 327 Å². The summed E-state index contributed by atoms with van der Waals surface area (Å²) in [5, 5.41) is 2.26. The van der Waals surface area contributed by atoms with Gasteiger partial charge < -0.3 is 9.32 Å². The van der Waals surface area contributed by atoms with Crippen LogP contribution >= 0.6 is 0 Å². The van der Waals surface area contributed by atoms with Gasteiger partial charge in [0.1, 0.15) is 11.2 Å². The van der Waals surface area contributed by atoms with Gasteiger partial charge in [0.05, 0.1) is 11.4 Å². The summed E-state index contributed by atoms with van der Waals surface area (Å²) in [6.45, 7) is 0. The topological polar surface area (TPSA) is 16.4 Å². The van der Waals surface area contributed by atoms with E-state index in [0.29, 0.717) is 0 Å². The Morgan fingerprint density at radius 3 is 1.46 bits per heavy atom. The van der Waals surface area contributed by atoms with Gasteiger partial charge in [0.15, 0.2) is 0 Å². The predicted molar refractivity (Wildman–Crippen MR) is 236 cm³/mol. The third kappa shape index (κ3) is 5.95. The molecule has 0 radical (unpaired) electrons. The highest BCUT2D eigenvalue weighted by molar-refractivity contribution is 6.12. The summed E-state index contributed by atoms with van der Waals surface area (Å²) in [6.07, 6.45) is 0. The number of anilines is 3. The number of para-hydroxylation sites is 2. The van der Waals surface area contributed by atoms with Crippen LogP contribution in [0.1, 0.15) is 0 Å². The normalized spacial score (nSPS) is 11.2. The lowest BCUT2D eigenvalue weighted by Crippen LogP contribution is -2.13. The van der Waals surface area contributed by atoms with E-state index in [-0.39, 0.29) is 0 Å². The zero-order valence-electron chi connectivity index (χ0n) is 30.7. The number of fused-ring (bicyclic) bond motifs is 3. The minimum absolute atomic E-state index is 0.894. The van der Waals surface area contributed by atoms with Crippen LogP contribution in [0.2, 0.25) is 0 Å². The van der Waals surface area contributed by atoms with Crippen molar-refractivity contribution in [1.82, 2.24) is 0 Å². The highest BCUT2D eigenvalue weighted by Crippen LogP contribution is 2.50. The SMILES string of the molecule is c1ccc(-c2ccccc2-c2c(-c3ccccc3)cccc2N(c2ccc(-c3cccc4oc5ccccc5c34)cc2)c2ccccc2-c2ccccc2)cc1. The number of hydrogen-bond acceptors (Lipinski definition) is 2. The van der Waals surface area contributed by atoms with Gasteiger partial charge >= 0.3 is 0 Å². The molecule has 0 amide bonds. The second-order valence-corrected chi connectivity index (χ2v) is 14.0. The second kappa shape index (κ2) is 14.4. The fourth-order valence-electron chi connectivity index (χ4n) is 8.18. The Bertz CT molecular complexity index is 2950. The van der Waals surface area contributed by atoms with Gasteiger partial charge in [-0.05, 0) is 80.9 Å². The number of rotatable bonds is 8. The number of nitrogens with zero attached hydrogens (tertiary/aromatic N) is 1. The lowest BCUT2D eigenvalue weighted by Gasteiger charge is -2.31. The lowest BCUT2D eigenvalue weighted by molar-refractivity contribution is 0.669. The highest BCUT2D eigenvalue weighted by Gasteiger charge is 2.24. The van der Waals surface area contributed by atoms with Gasteiger partial charge in [-0.15, -0.1) is 0 Å². The van der Waals surface area contributed by atoms with Gasteiger partial charge in [-0.1, -0.05) is 188 Å². The molecule has 10 rings (SSSR count). The zero-order chi connectivity index (χ0) is 37.3. The third-order valence-corrected chi connectivity index (χ3v) is 10.7. The van der Waals surface area contributed by atoms with Gasteiger partial charge in [-0.3, -0.25) is 0 Å². The van der Waals surface area contributed by atoms with Crippen molar-refractivity contribution < 1.29 is 4.42 Å². The van der Waals surface area contributed by atoms with Crippen LogP contribution in [0.15, 0.2) is 229 Å². The van der Waals surface area contributed by atoms with Crippen molar-refractivity contribution in [2.45, 2.75) is 0 Å². The number of hydrogen-bond donors (Lipinski definition) is 0. The molecule has 0 fully saturated rings. The molecule has 0 atom stereocenters. The van der Waals surface area contributed by atoms with Gasteiger partial charge in [-0.2, -0.15) is 0 Å². The molecular weight excluding hydrogens is 679 g/mol. The quantitative estimate of drug-likeness (QED) is 0.156.